The van der Waals surface area contributed by atoms with E-state index in [4.69, 9.17) is 9.47 Å². The van der Waals surface area contributed by atoms with Crippen LogP contribution in [0.3, 0.4) is 0 Å². The molecule has 2 atom stereocenters. The summed E-state index contributed by atoms with van der Waals surface area (Å²) >= 11 is 3.34. The number of benzene rings is 1. The maximum atomic E-state index is 12.6. The molecular weight excluding hydrogens is 386 g/mol. The van der Waals surface area contributed by atoms with Gasteiger partial charge in [0, 0.05) is 17.1 Å². The van der Waals surface area contributed by atoms with Crippen LogP contribution in [0.2, 0.25) is 0 Å². The summed E-state index contributed by atoms with van der Waals surface area (Å²) in [5, 5.41) is 0. The smallest absolute Gasteiger partial charge is 0.339 e. The molecule has 0 N–H and O–H groups in total. The fourth-order valence-electron chi connectivity index (χ4n) is 4.01. The van der Waals surface area contributed by atoms with E-state index in [-0.39, 0.29) is 12.5 Å². The second-order valence-corrected chi connectivity index (χ2v) is 7.62. The minimum Gasteiger partial charge on any atom is -0.497 e. The van der Waals surface area contributed by atoms with Crippen molar-refractivity contribution in [2.75, 3.05) is 20.3 Å². The predicted octanol–water partition coefficient (Wildman–Crippen LogP) is 3.80. The summed E-state index contributed by atoms with van der Waals surface area (Å²) in [6.45, 7) is 0.576. The van der Waals surface area contributed by atoms with Gasteiger partial charge >= 0.3 is 5.97 Å². The summed E-state index contributed by atoms with van der Waals surface area (Å²) in [6, 6.07) is 5.42. The molecule has 3 rings (SSSR count). The fraction of sp³-hybridized carbons (Fsp3) is 0.579. The van der Waals surface area contributed by atoms with Crippen molar-refractivity contribution < 1.29 is 19.1 Å². The summed E-state index contributed by atoms with van der Waals surface area (Å²) in [7, 11) is 1.54. The van der Waals surface area contributed by atoms with Gasteiger partial charge < -0.3 is 14.4 Å². The normalized spacial score (nSPS) is 22.9. The first-order valence-corrected chi connectivity index (χ1v) is 9.69. The number of fused-ring (bicyclic) bond motifs is 1. The number of carbonyl (C=O) groups excluding carboxylic acids is 2. The molecule has 1 aliphatic heterocycles. The third kappa shape index (κ3) is 4.17. The van der Waals surface area contributed by atoms with Crippen LogP contribution in [0.5, 0.6) is 5.75 Å². The number of piperidine rings is 1. The molecule has 0 bridgehead atoms. The number of nitrogens with zero attached hydrogens (tertiary/aromatic N) is 1. The maximum absolute atomic E-state index is 12.6. The fourth-order valence-corrected chi connectivity index (χ4v) is 4.42. The number of carbonyl (C=O) groups is 2. The number of amides is 1. The molecule has 25 heavy (non-hydrogen) atoms. The molecule has 1 amide bonds. The SMILES string of the molecule is COc1ccc(Br)c(C(=O)OCC(=O)N2CCC[C@H]3CCCC[C@H]32)c1. The monoisotopic (exact) mass is 409 g/mol. The average Bonchev–Trinajstić information content (AvgIpc) is 2.65. The summed E-state index contributed by atoms with van der Waals surface area (Å²) in [6.07, 6.45) is 6.99. The highest BCUT2D eigenvalue weighted by molar-refractivity contribution is 9.10. The second-order valence-electron chi connectivity index (χ2n) is 6.76. The van der Waals surface area contributed by atoms with Gasteiger partial charge in [-0.05, 0) is 65.7 Å². The Morgan fingerprint density at radius 1 is 1.20 bits per heavy atom. The number of methoxy groups -OCH3 is 1. The number of halogens is 1. The van der Waals surface area contributed by atoms with Gasteiger partial charge in [-0.2, -0.15) is 0 Å². The van der Waals surface area contributed by atoms with Gasteiger partial charge in [-0.15, -0.1) is 0 Å². The quantitative estimate of drug-likeness (QED) is 0.709. The van der Waals surface area contributed by atoms with E-state index in [0.717, 1.165) is 19.4 Å². The van der Waals surface area contributed by atoms with Crippen molar-refractivity contribution in [1.29, 1.82) is 0 Å². The van der Waals surface area contributed by atoms with Crippen molar-refractivity contribution in [2.45, 2.75) is 44.6 Å². The molecular formula is C19H24BrNO4. The average molecular weight is 410 g/mol. The zero-order chi connectivity index (χ0) is 17.8. The van der Waals surface area contributed by atoms with E-state index in [9.17, 15) is 9.59 Å². The molecule has 0 unspecified atom stereocenters. The third-order valence-corrected chi connectivity index (χ3v) is 5.98. The van der Waals surface area contributed by atoms with Gasteiger partial charge in [0.05, 0.1) is 12.7 Å². The number of likely N-dealkylation sites (tertiary alicyclic amines) is 1. The van der Waals surface area contributed by atoms with Crippen molar-refractivity contribution in [2.24, 2.45) is 5.92 Å². The minimum absolute atomic E-state index is 0.0797. The zero-order valence-corrected chi connectivity index (χ0v) is 16.1. The van der Waals surface area contributed by atoms with Gasteiger partial charge in [-0.3, -0.25) is 4.79 Å². The van der Waals surface area contributed by atoms with Crippen molar-refractivity contribution in [3.8, 4) is 5.75 Å². The van der Waals surface area contributed by atoms with Gasteiger partial charge in [0.25, 0.3) is 5.91 Å². The Balaban J connectivity index is 1.61. The molecule has 1 saturated heterocycles. The van der Waals surface area contributed by atoms with Gasteiger partial charge in [0.1, 0.15) is 5.75 Å². The Hall–Kier alpha value is -1.56. The van der Waals surface area contributed by atoms with Crippen molar-refractivity contribution >= 4 is 27.8 Å². The predicted molar refractivity (Wildman–Crippen MR) is 97.7 cm³/mol. The van der Waals surface area contributed by atoms with Crippen LogP contribution in [-0.4, -0.2) is 43.1 Å². The van der Waals surface area contributed by atoms with E-state index in [1.807, 2.05) is 4.90 Å². The van der Waals surface area contributed by atoms with Gasteiger partial charge in [0.2, 0.25) is 0 Å². The molecule has 5 nitrogen and oxygen atoms in total. The van der Waals surface area contributed by atoms with E-state index in [1.54, 1.807) is 25.3 Å². The van der Waals surface area contributed by atoms with Gasteiger partial charge in [-0.1, -0.05) is 12.8 Å². The lowest BCUT2D eigenvalue weighted by atomic mass is 9.78. The summed E-state index contributed by atoms with van der Waals surface area (Å²) in [5.41, 5.74) is 0.362. The van der Waals surface area contributed by atoms with Crippen LogP contribution in [0.15, 0.2) is 22.7 Å². The molecule has 2 fully saturated rings. The van der Waals surface area contributed by atoms with Gasteiger partial charge in [0.15, 0.2) is 6.61 Å². The second kappa shape index (κ2) is 8.21. The number of ether oxygens (including phenoxy) is 2. The number of rotatable bonds is 4. The Kier molecular flexibility index (Phi) is 5.99. The Bertz CT molecular complexity index is 646. The first-order valence-electron chi connectivity index (χ1n) is 8.90. The van der Waals surface area contributed by atoms with Crippen molar-refractivity contribution in [3.63, 3.8) is 0 Å². The standard InChI is InChI=1S/C19H24BrNO4/c1-24-14-8-9-16(20)15(11-14)19(23)25-12-18(22)21-10-4-6-13-5-2-3-7-17(13)21/h8-9,11,13,17H,2-7,10,12H2,1H3/t13-,17-/m1/s1. The lowest BCUT2D eigenvalue weighted by Crippen LogP contribution is -2.50. The lowest BCUT2D eigenvalue weighted by molar-refractivity contribution is -0.140. The third-order valence-electron chi connectivity index (χ3n) is 5.28. The number of hydrogen-bond acceptors (Lipinski definition) is 4. The molecule has 0 radical (unpaired) electrons. The molecule has 1 saturated carbocycles. The molecule has 1 heterocycles. The largest absolute Gasteiger partial charge is 0.497 e. The topological polar surface area (TPSA) is 55.8 Å². The zero-order valence-electron chi connectivity index (χ0n) is 14.5. The highest BCUT2D eigenvalue weighted by Gasteiger charge is 2.35. The maximum Gasteiger partial charge on any atom is 0.339 e. The summed E-state index contributed by atoms with van der Waals surface area (Å²) in [5.74, 6) is 0.595. The first kappa shape index (κ1) is 18.2. The number of esters is 1. The van der Waals surface area contributed by atoms with Crippen LogP contribution in [0.4, 0.5) is 0 Å². The Labute approximate surface area is 156 Å². The number of hydrogen-bond donors (Lipinski definition) is 0. The van der Waals surface area contributed by atoms with Crippen LogP contribution < -0.4 is 4.74 Å². The first-order chi connectivity index (χ1) is 12.1. The van der Waals surface area contributed by atoms with Crippen LogP contribution in [0, 0.1) is 5.92 Å². The van der Waals surface area contributed by atoms with E-state index >= 15 is 0 Å². The molecule has 1 aromatic carbocycles. The molecule has 0 spiro atoms. The van der Waals surface area contributed by atoms with E-state index in [1.165, 1.54) is 25.7 Å². The van der Waals surface area contributed by atoms with Crippen LogP contribution in [-0.2, 0) is 9.53 Å². The molecule has 136 valence electrons. The van der Waals surface area contributed by atoms with Crippen LogP contribution >= 0.6 is 15.9 Å². The summed E-state index contributed by atoms with van der Waals surface area (Å²) < 4.78 is 11.0. The van der Waals surface area contributed by atoms with Crippen molar-refractivity contribution in [1.82, 2.24) is 4.90 Å². The van der Waals surface area contributed by atoms with Crippen LogP contribution in [0.1, 0.15) is 48.9 Å². The molecule has 1 aliphatic carbocycles. The van der Waals surface area contributed by atoms with Gasteiger partial charge in [-0.25, -0.2) is 4.79 Å². The molecule has 6 heteroatoms. The van der Waals surface area contributed by atoms with E-state index in [2.05, 4.69) is 15.9 Å². The van der Waals surface area contributed by atoms with E-state index < -0.39 is 5.97 Å². The summed E-state index contributed by atoms with van der Waals surface area (Å²) in [4.78, 5) is 26.9. The molecule has 1 aromatic rings. The van der Waals surface area contributed by atoms with Crippen LogP contribution in [0.25, 0.3) is 0 Å². The molecule has 0 aromatic heterocycles. The highest BCUT2D eigenvalue weighted by Crippen LogP contribution is 2.35. The van der Waals surface area contributed by atoms with E-state index in [0.29, 0.717) is 27.7 Å². The lowest BCUT2D eigenvalue weighted by Gasteiger charge is -2.44. The molecule has 2 aliphatic rings. The Morgan fingerprint density at radius 3 is 2.76 bits per heavy atom. The van der Waals surface area contributed by atoms with Crippen molar-refractivity contribution in [3.05, 3.63) is 28.2 Å². The Morgan fingerprint density at radius 2 is 1.96 bits per heavy atom. The minimum atomic E-state index is -0.517. The highest BCUT2D eigenvalue weighted by atomic mass is 79.9.